The lowest BCUT2D eigenvalue weighted by Crippen LogP contribution is -2.48. The van der Waals surface area contributed by atoms with Gasteiger partial charge in [-0.3, -0.25) is 4.79 Å². The topological polar surface area (TPSA) is 81.2 Å². The summed E-state index contributed by atoms with van der Waals surface area (Å²) in [7, 11) is 0. The molecule has 0 saturated heterocycles. The molecule has 1 aliphatic rings. The first-order valence-corrected chi connectivity index (χ1v) is 7.79. The number of carbonyl (C=O) groups excluding carboxylic acids is 1. The number of oxazole rings is 1. The van der Waals surface area contributed by atoms with Gasteiger partial charge >= 0.3 is 0 Å². The van der Waals surface area contributed by atoms with Crippen LogP contribution in [0.4, 0.5) is 5.69 Å². The Bertz CT molecular complexity index is 706. The minimum atomic E-state index is -0.727. The van der Waals surface area contributed by atoms with Crippen LogP contribution in [-0.4, -0.2) is 16.4 Å². The van der Waals surface area contributed by atoms with Crippen molar-refractivity contribution in [3.05, 3.63) is 24.1 Å². The van der Waals surface area contributed by atoms with Crippen molar-refractivity contribution in [3.63, 3.8) is 0 Å². The summed E-state index contributed by atoms with van der Waals surface area (Å²) in [5.74, 6) is 0.584. The first-order chi connectivity index (χ1) is 10.3. The highest BCUT2D eigenvalue weighted by atomic mass is 16.3. The van der Waals surface area contributed by atoms with Crippen molar-refractivity contribution in [3.8, 4) is 0 Å². The molecule has 0 spiro atoms. The van der Waals surface area contributed by atoms with Gasteiger partial charge in [0, 0.05) is 11.1 Å². The molecule has 0 atom stereocenters. The maximum Gasteiger partial charge on any atom is 0.244 e. The zero-order valence-corrected chi connectivity index (χ0v) is 13.4. The maximum absolute atomic E-state index is 12.4. The Hall–Kier alpha value is -1.88. The number of aromatic nitrogens is 1. The molecule has 0 aliphatic heterocycles. The van der Waals surface area contributed by atoms with Gasteiger partial charge in [-0.25, -0.2) is 4.98 Å². The van der Waals surface area contributed by atoms with Crippen LogP contribution >= 0.6 is 0 Å². The monoisotopic (exact) mass is 301 g/mol. The summed E-state index contributed by atoms with van der Waals surface area (Å²) in [6, 6.07) is 5.51. The maximum atomic E-state index is 12.4. The summed E-state index contributed by atoms with van der Waals surface area (Å²) in [6.45, 7) is 6.16. The normalized spacial score (nSPS) is 17.8. The molecule has 1 amide bonds. The van der Waals surface area contributed by atoms with Gasteiger partial charge in [0.05, 0.1) is 5.54 Å². The Labute approximate surface area is 130 Å². The molecule has 1 fully saturated rings. The molecule has 1 aliphatic carbocycles. The van der Waals surface area contributed by atoms with E-state index in [1.54, 1.807) is 0 Å². The molecule has 2 aromatic rings. The van der Waals surface area contributed by atoms with Crippen molar-refractivity contribution in [2.75, 3.05) is 5.32 Å². The van der Waals surface area contributed by atoms with E-state index in [1.807, 2.05) is 18.2 Å². The van der Waals surface area contributed by atoms with Gasteiger partial charge in [0.1, 0.15) is 5.52 Å². The van der Waals surface area contributed by atoms with Gasteiger partial charge < -0.3 is 15.5 Å². The van der Waals surface area contributed by atoms with Crippen molar-refractivity contribution in [1.29, 1.82) is 0 Å². The number of carbonyl (C=O) groups is 1. The lowest BCUT2D eigenvalue weighted by atomic mass is 9.97. The fraction of sp³-hybridized carbons (Fsp3) is 0.529. The largest absolute Gasteiger partial charge is 0.440 e. The number of fused-ring (bicyclic) bond motifs is 1. The predicted octanol–water partition coefficient (Wildman–Crippen LogP) is 3.34. The van der Waals surface area contributed by atoms with Crippen LogP contribution in [0.15, 0.2) is 22.6 Å². The highest BCUT2D eigenvalue weighted by Crippen LogP contribution is 2.30. The number of amides is 1. The van der Waals surface area contributed by atoms with Crippen LogP contribution in [0.1, 0.15) is 52.3 Å². The molecular weight excluding hydrogens is 278 g/mol. The van der Waals surface area contributed by atoms with Gasteiger partial charge in [0.25, 0.3) is 0 Å². The summed E-state index contributed by atoms with van der Waals surface area (Å²) in [6.07, 6.45) is 3.53. The molecule has 0 radical (unpaired) electrons. The zero-order chi connectivity index (χ0) is 16.0. The Morgan fingerprint density at radius 2 is 2.00 bits per heavy atom. The lowest BCUT2D eigenvalue weighted by Gasteiger charge is -2.22. The molecule has 0 bridgehead atoms. The van der Waals surface area contributed by atoms with Gasteiger partial charge in [0.15, 0.2) is 5.58 Å². The van der Waals surface area contributed by atoms with Crippen LogP contribution in [0.2, 0.25) is 0 Å². The summed E-state index contributed by atoms with van der Waals surface area (Å²) in [4.78, 5) is 16.9. The van der Waals surface area contributed by atoms with Crippen molar-refractivity contribution in [2.45, 2.75) is 57.4 Å². The average molecular weight is 301 g/mol. The minimum Gasteiger partial charge on any atom is -0.440 e. The van der Waals surface area contributed by atoms with Crippen molar-refractivity contribution in [2.24, 2.45) is 5.73 Å². The first-order valence-electron chi connectivity index (χ1n) is 7.79. The van der Waals surface area contributed by atoms with Gasteiger partial charge in [-0.1, -0.05) is 33.6 Å². The highest BCUT2D eigenvalue weighted by Gasteiger charge is 2.37. The zero-order valence-electron chi connectivity index (χ0n) is 13.4. The SMILES string of the molecule is CC(C)(C)c1nc2cc(NC(=O)C3(N)CCCC3)ccc2o1. The molecule has 118 valence electrons. The Morgan fingerprint density at radius 3 is 2.64 bits per heavy atom. The van der Waals surface area contributed by atoms with E-state index in [-0.39, 0.29) is 11.3 Å². The van der Waals surface area contributed by atoms with Gasteiger partial charge in [-0.05, 0) is 31.0 Å². The number of hydrogen-bond acceptors (Lipinski definition) is 4. The van der Waals surface area contributed by atoms with E-state index in [2.05, 4.69) is 31.1 Å². The first kappa shape index (κ1) is 15.0. The molecule has 0 unspecified atom stereocenters. The van der Waals surface area contributed by atoms with Gasteiger partial charge in [-0.15, -0.1) is 0 Å². The molecule has 5 heteroatoms. The van der Waals surface area contributed by atoms with Gasteiger partial charge in [0.2, 0.25) is 11.8 Å². The molecule has 3 N–H and O–H groups in total. The third-order valence-corrected chi connectivity index (χ3v) is 4.24. The summed E-state index contributed by atoms with van der Waals surface area (Å²) in [5, 5.41) is 2.92. The third kappa shape index (κ3) is 2.73. The number of anilines is 1. The van der Waals surface area contributed by atoms with Crippen molar-refractivity contribution >= 4 is 22.7 Å². The van der Waals surface area contributed by atoms with E-state index >= 15 is 0 Å². The standard InChI is InChI=1S/C17H23N3O2/c1-16(2,3)15-20-12-10-11(6-7-13(12)22-15)19-14(21)17(18)8-4-5-9-17/h6-7,10H,4-5,8-9,18H2,1-3H3,(H,19,21). The molecule has 1 saturated carbocycles. The van der Waals surface area contributed by atoms with Crippen LogP contribution < -0.4 is 11.1 Å². The molecule has 3 rings (SSSR count). The second-order valence-corrected chi connectivity index (χ2v) is 7.27. The second-order valence-electron chi connectivity index (χ2n) is 7.27. The van der Waals surface area contributed by atoms with Gasteiger partial charge in [-0.2, -0.15) is 0 Å². The fourth-order valence-electron chi connectivity index (χ4n) is 2.81. The summed E-state index contributed by atoms with van der Waals surface area (Å²) in [5.41, 5.74) is 7.50. The summed E-state index contributed by atoms with van der Waals surface area (Å²) >= 11 is 0. The number of hydrogen-bond donors (Lipinski definition) is 2. The quantitative estimate of drug-likeness (QED) is 0.891. The molecule has 5 nitrogen and oxygen atoms in total. The molecular formula is C17H23N3O2. The van der Waals surface area contributed by atoms with Crippen LogP contribution in [0.3, 0.4) is 0 Å². The predicted molar refractivity (Wildman–Crippen MR) is 86.7 cm³/mol. The van der Waals surface area contributed by atoms with Crippen molar-refractivity contribution in [1.82, 2.24) is 4.98 Å². The Kier molecular flexibility index (Phi) is 3.48. The van der Waals surface area contributed by atoms with E-state index in [1.165, 1.54) is 0 Å². The smallest absolute Gasteiger partial charge is 0.244 e. The number of rotatable bonds is 2. The van der Waals surface area contributed by atoms with Crippen LogP contribution in [-0.2, 0) is 10.2 Å². The van der Waals surface area contributed by atoms with E-state index in [9.17, 15) is 4.79 Å². The molecule has 1 aromatic heterocycles. The molecule has 1 aromatic carbocycles. The third-order valence-electron chi connectivity index (χ3n) is 4.24. The van der Waals surface area contributed by atoms with Crippen LogP contribution in [0.25, 0.3) is 11.1 Å². The van der Waals surface area contributed by atoms with Crippen molar-refractivity contribution < 1.29 is 9.21 Å². The number of nitrogens with two attached hydrogens (primary N) is 1. The Morgan fingerprint density at radius 1 is 1.32 bits per heavy atom. The van der Waals surface area contributed by atoms with E-state index in [4.69, 9.17) is 10.2 Å². The number of benzene rings is 1. The second kappa shape index (κ2) is 5.09. The highest BCUT2D eigenvalue weighted by molar-refractivity contribution is 5.99. The van der Waals surface area contributed by atoms with E-state index in [0.717, 1.165) is 36.8 Å². The summed E-state index contributed by atoms with van der Waals surface area (Å²) < 4.78 is 5.76. The number of nitrogens with one attached hydrogen (secondary N) is 1. The van der Waals surface area contributed by atoms with Crippen LogP contribution in [0.5, 0.6) is 0 Å². The minimum absolute atomic E-state index is 0.108. The Balaban J connectivity index is 1.84. The van der Waals surface area contributed by atoms with Crippen LogP contribution in [0, 0.1) is 0 Å². The van der Waals surface area contributed by atoms with E-state index < -0.39 is 5.54 Å². The van der Waals surface area contributed by atoms with E-state index in [0.29, 0.717) is 11.6 Å². The number of nitrogens with zero attached hydrogens (tertiary/aromatic N) is 1. The lowest BCUT2D eigenvalue weighted by molar-refractivity contribution is -0.121. The fourth-order valence-corrected chi connectivity index (χ4v) is 2.81. The molecule has 1 heterocycles. The average Bonchev–Trinajstić information content (AvgIpc) is 3.04. The molecule has 22 heavy (non-hydrogen) atoms.